The Morgan fingerprint density at radius 3 is 2.88 bits per heavy atom. The molecule has 0 aliphatic rings. The number of nitrogens with zero attached hydrogens (tertiary/aromatic N) is 3. The fourth-order valence-electron chi connectivity index (χ4n) is 1.64. The molecule has 0 aliphatic heterocycles. The molecule has 0 fully saturated rings. The summed E-state index contributed by atoms with van der Waals surface area (Å²) < 4.78 is 1.85. The molecule has 1 aromatic heterocycles. The van der Waals surface area contributed by atoms with Crippen molar-refractivity contribution in [1.82, 2.24) is 20.0 Å². The third kappa shape index (κ3) is 4.33. The standard InChI is InChI=1S/C12H24N4/c1-5-6-13-7-11(2)15(3)9-12-8-14-16(4)10-12/h8,10-11,13H,5-7,9H2,1-4H3. The minimum Gasteiger partial charge on any atom is -0.315 e. The van der Waals surface area contributed by atoms with Gasteiger partial charge in [0.15, 0.2) is 0 Å². The Morgan fingerprint density at radius 2 is 2.31 bits per heavy atom. The van der Waals surface area contributed by atoms with Crippen molar-refractivity contribution < 1.29 is 0 Å². The smallest absolute Gasteiger partial charge is 0.0534 e. The molecule has 92 valence electrons. The van der Waals surface area contributed by atoms with E-state index in [4.69, 9.17) is 0 Å². The van der Waals surface area contributed by atoms with Crippen molar-refractivity contribution in [2.24, 2.45) is 7.05 Å². The highest BCUT2D eigenvalue weighted by molar-refractivity contribution is 5.03. The summed E-state index contributed by atoms with van der Waals surface area (Å²) in [6.45, 7) is 7.55. The van der Waals surface area contributed by atoms with E-state index in [1.165, 1.54) is 12.0 Å². The summed E-state index contributed by atoms with van der Waals surface area (Å²) in [6, 6.07) is 0.548. The number of aryl methyl sites for hydroxylation is 1. The van der Waals surface area contributed by atoms with Gasteiger partial charge >= 0.3 is 0 Å². The minimum absolute atomic E-state index is 0.548. The second kappa shape index (κ2) is 6.66. The van der Waals surface area contributed by atoms with Gasteiger partial charge < -0.3 is 5.32 Å². The third-order valence-electron chi connectivity index (χ3n) is 2.81. The second-order valence-electron chi connectivity index (χ2n) is 4.49. The van der Waals surface area contributed by atoms with Gasteiger partial charge in [0.05, 0.1) is 6.20 Å². The molecule has 0 amide bonds. The number of rotatable bonds is 7. The molecule has 4 nitrogen and oxygen atoms in total. The van der Waals surface area contributed by atoms with E-state index in [-0.39, 0.29) is 0 Å². The molecule has 0 aliphatic carbocycles. The van der Waals surface area contributed by atoms with E-state index < -0.39 is 0 Å². The van der Waals surface area contributed by atoms with Gasteiger partial charge in [-0.15, -0.1) is 0 Å². The molecule has 1 atom stereocenters. The Morgan fingerprint density at radius 1 is 1.56 bits per heavy atom. The maximum absolute atomic E-state index is 4.18. The summed E-state index contributed by atoms with van der Waals surface area (Å²) in [6.07, 6.45) is 5.20. The minimum atomic E-state index is 0.548. The van der Waals surface area contributed by atoms with Gasteiger partial charge in [0.2, 0.25) is 0 Å². The zero-order chi connectivity index (χ0) is 12.0. The molecule has 0 radical (unpaired) electrons. The highest BCUT2D eigenvalue weighted by Gasteiger charge is 2.09. The van der Waals surface area contributed by atoms with Gasteiger partial charge in [0, 0.05) is 37.9 Å². The highest BCUT2D eigenvalue weighted by Crippen LogP contribution is 2.04. The molecule has 1 rings (SSSR count). The van der Waals surface area contributed by atoms with Crippen molar-refractivity contribution in [2.45, 2.75) is 32.9 Å². The first-order valence-electron chi connectivity index (χ1n) is 6.02. The predicted molar refractivity (Wildman–Crippen MR) is 67.3 cm³/mol. The van der Waals surface area contributed by atoms with Crippen LogP contribution in [-0.2, 0) is 13.6 Å². The lowest BCUT2D eigenvalue weighted by Gasteiger charge is -2.24. The van der Waals surface area contributed by atoms with Crippen molar-refractivity contribution in [3.05, 3.63) is 18.0 Å². The maximum atomic E-state index is 4.18. The summed E-state index contributed by atoms with van der Waals surface area (Å²) in [5.41, 5.74) is 1.27. The highest BCUT2D eigenvalue weighted by atomic mass is 15.2. The topological polar surface area (TPSA) is 33.1 Å². The second-order valence-corrected chi connectivity index (χ2v) is 4.49. The van der Waals surface area contributed by atoms with Crippen LogP contribution >= 0.6 is 0 Å². The zero-order valence-electron chi connectivity index (χ0n) is 10.9. The van der Waals surface area contributed by atoms with E-state index in [9.17, 15) is 0 Å². The molecular formula is C12H24N4. The third-order valence-corrected chi connectivity index (χ3v) is 2.81. The van der Waals surface area contributed by atoms with Gasteiger partial charge in [-0.2, -0.15) is 5.10 Å². The number of aromatic nitrogens is 2. The van der Waals surface area contributed by atoms with Gasteiger partial charge in [-0.25, -0.2) is 0 Å². The van der Waals surface area contributed by atoms with Gasteiger partial charge in [0.25, 0.3) is 0 Å². The molecule has 0 saturated heterocycles. The molecule has 1 unspecified atom stereocenters. The van der Waals surface area contributed by atoms with Crippen LogP contribution in [0.2, 0.25) is 0 Å². The SMILES string of the molecule is CCCNCC(C)N(C)Cc1cnn(C)c1. The molecule has 16 heavy (non-hydrogen) atoms. The summed E-state index contributed by atoms with van der Waals surface area (Å²) in [5.74, 6) is 0. The number of hydrogen-bond donors (Lipinski definition) is 1. The summed E-state index contributed by atoms with van der Waals surface area (Å²) in [5, 5.41) is 7.62. The predicted octanol–water partition coefficient (Wildman–Crippen LogP) is 1.24. The van der Waals surface area contributed by atoms with Crippen LogP contribution in [0, 0.1) is 0 Å². The van der Waals surface area contributed by atoms with Gasteiger partial charge in [-0.1, -0.05) is 6.92 Å². The van der Waals surface area contributed by atoms with Crippen LogP contribution in [0.4, 0.5) is 0 Å². The van der Waals surface area contributed by atoms with Crippen molar-refractivity contribution >= 4 is 0 Å². The fourth-order valence-corrected chi connectivity index (χ4v) is 1.64. The summed E-state index contributed by atoms with van der Waals surface area (Å²) in [4.78, 5) is 2.35. The molecule has 0 spiro atoms. The first-order chi connectivity index (χ1) is 7.63. The van der Waals surface area contributed by atoms with Crippen LogP contribution in [-0.4, -0.2) is 40.9 Å². The Bertz CT molecular complexity index is 295. The lowest BCUT2D eigenvalue weighted by atomic mass is 10.2. The quantitative estimate of drug-likeness (QED) is 0.707. The lowest BCUT2D eigenvalue weighted by Crippen LogP contribution is -2.37. The van der Waals surface area contributed by atoms with Crippen LogP contribution in [0.15, 0.2) is 12.4 Å². The van der Waals surface area contributed by atoms with Crippen LogP contribution < -0.4 is 5.32 Å². The van der Waals surface area contributed by atoms with Crippen molar-refractivity contribution in [3.63, 3.8) is 0 Å². The largest absolute Gasteiger partial charge is 0.315 e. The van der Waals surface area contributed by atoms with E-state index in [1.807, 2.05) is 17.9 Å². The average Bonchev–Trinajstić information content (AvgIpc) is 2.64. The summed E-state index contributed by atoms with van der Waals surface area (Å²) in [7, 11) is 4.11. The van der Waals surface area contributed by atoms with Crippen LogP contribution in [0.5, 0.6) is 0 Å². The van der Waals surface area contributed by atoms with Gasteiger partial charge in [-0.05, 0) is 26.9 Å². The first kappa shape index (κ1) is 13.2. The first-order valence-corrected chi connectivity index (χ1v) is 6.02. The molecule has 0 bridgehead atoms. The van der Waals surface area contributed by atoms with Crippen molar-refractivity contribution in [2.75, 3.05) is 20.1 Å². The average molecular weight is 224 g/mol. The van der Waals surface area contributed by atoms with Crippen molar-refractivity contribution in [1.29, 1.82) is 0 Å². The Kier molecular flexibility index (Phi) is 5.49. The van der Waals surface area contributed by atoms with E-state index in [0.717, 1.165) is 19.6 Å². The Hall–Kier alpha value is -0.870. The summed E-state index contributed by atoms with van der Waals surface area (Å²) >= 11 is 0. The molecule has 0 aromatic carbocycles. The normalized spacial score (nSPS) is 13.3. The molecule has 0 saturated carbocycles. The Labute approximate surface area is 98.6 Å². The monoisotopic (exact) mass is 224 g/mol. The van der Waals surface area contributed by atoms with Gasteiger partial charge in [0.1, 0.15) is 0 Å². The van der Waals surface area contributed by atoms with E-state index in [1.54, 1.807) is 0 Å². The van der Waals surface area contributed by atoms with E-state index in [2.05, 4.69) is 42.4 Å². The van der Waals surface area contributed by atoms with Crippen LogP contribution in [0.3, 0.4) is 0 Å². The van der Waals surface area contributed by atoms with Crippen molar-refractivity contribution in [3.8, 4) is 0 Å². The van der Waals surface area contributed by atoms with Gasteiger partial charge in [-0.3, -0.25) is 9.58 Å². The van der Waals surface area contributed by atoms with E-state index >= 15 is 0 Å². The molecule has 1 N–H and O–H groups in total. The van der Waals surface area contributed by atoms with Crippen LogP contribution in [0.1, 0.15) is 25.8 Å². The molecular weight excluding hydrogens is 200 g/mol. The fraction of sp³-hybridized carbons (Fsp3) is 0.750. The Balaban J connectivity index is 2.30. The maximum Gasteiger partial charge on any atom is 0.0534 e. The lowest BCUT2D eigenvalue weighted by molar-refractivity contribution is 0.243. The number of nitrogens with one attached hydrogen (secondary N) is 1. The zero-order valence-corrected chi connectivity index (χ0v) is 10.9. The molecule has 1 aromatic rings. The molecule has 4 heteroatoms. The number of likely N-dealkylation sites (N-methyl/N-ethyl adjacent to an activating group) is 1. The van der Waals surface area contributed by atoms with E-state index in [0.29, 0.717) is 6.04 Å². The van der Waals surface area contributed by atoms with Crippen LogP contribution in [0.25, 0.3) is 0 Å². The number of hydrogen-bond acceptors (Lipinski definition) is 3. The molecule has 1 heterocycles.